The molecule has 0 radical (unpaired) electrons. The molecule has 2 rings (SSSR count). The van der Waals surface area contributed by atoms with Crippen LogP contribution in [-0.2, 0) is 16.1 Å². The van der Waals surface area contributed by atoms with Crippen molar-refractivity contribution in [3.63, 3.8) is 0 Å². The van der Waals surface area contributed by atoms with E-state index in [9.17, 15) is 9.90 Å². The van der Waals surface area contributed by atoms with Crippen molar-refractivity contribution in [2.24, 2.45) is 0 Å². The van der Waals surface area contributed by atoms with Gasteiger partial charge in [0.2, 0.25) is 0 Å². The number of hydrogen-bond acceptors (Lipinski definition) is 6. The molecule has 7 nitrogen and oxygen atoms in total. The molecule has 2 aromatic carbocycles. The van der Waals surface area contributed by atoms with Crippen molar-refractivity contribution in [3.8, 4) is 17.2 Å². The van der Waals surface area contributed by atoms with Gasteiger partial charge in [-0.3, -0.25) is 0 Å². The molecule has 0 fully saturated rings. The molecule has 140 valence electrons. The Morgan fingerprint density at radius 1 is 1.12 bits per heavy atom. The number of rotatable bonds is 7. The molecule has 7 heteroatoms. The minimum absolute atomic E-state index is 0.0278. The summed E-state index contributed by atoms with van der Waals surface area (Å²) in [6, 6.07) is 11.7. The van der Waals surface area contributed by atoms with Gasteiger partial charge in [0.05, 0.1) is 14.2 Å². The van der Waals surface area contributed by atoms with Crippen LogP contribution in [0.1, 0.15) is 11.1 Å². The summed E-state index contributed by atoms with van der Waals surface area (Å²) < 4.78 is 4.86. The first kappa shape index (κ1) is 21.0. The zero-order chi connectivity index (χ0) is 19.4. The largest absolute Gasteiger partial charge is 0.508 e. The van der Waals surface area contributed by atoms with E-state index in [0.29, 0.717) is 17.1 Å². The maximum Gasteiger partial charge on any atom is 0.328 e. The third-order valence-corrected chi connectivity index (χ3v) is 3.22. The third-order valence-electron chi connectivity index (χ3n) is 3.22. The van der Waals surface area contributed by atoms with Crippen molar-refractivity contribution in [1.82, 2.24) is 5.48 Å². The summed E-state index contributed by atoms with van der Waals surface area (Å²) in [6.07, 6.45) is 3.34. The fourth-order valence-corrected chi connectivity index (χ4v) is 1.93. The lowest BCUT2D eigenvalue weighted by molar-refractivity contribution is -0.131. The predicted octanol–water partition coefficient (Wildman–Crippen LogP) is 2.58. The first-order valence-corrected chi connectivity index (χ1v) is 7.78. The molecule has 0 unspecified atom stereocenters. The van der Waals surface area contributed by atoms with Gasteiger partial charge in [-0.05, 0) is 47.9 Å². The summed E-state index contributed by atoms with van der Waals surface area (Å²) in [5.41, 5.74) is 4.58. The van der Waals surface area contributed by atoms with Crippen molar-refractivity contribution >= 4 is 12.0 Å². The summed E-state index contributed by atoms with van der Waals surface area (Å²) in [7, 11) is 3.02. The molecule has 2 aromatic rings. The Hall–Kier alpha value is -3.03. The number of hydroxylamine groups is 1. The maximum absolute atomic E-state index is 10.2. The molecule has 0 spiro atoms. The lowest BCUT2D eigenvalue weighted by Crippen LogP contribution is -2.14. The zero-order valence-corrected chi connectivity index (χ0v) is 14.7. The van der Waals surface area contributed by atoms with E-state index in [0.717, 1.165) is 19.0 Å². The predicted molar refractivity (Wildman–Crippen MR) is 98.2 cm³/mol. The molecular weight excluding hydrogens is 338 g/mol. The number of phenolic OH excluding ortho intramolecular Hbond substituents is 2. The number of hydrogen-bond donors (Lipinski definition) is 4. The second-order valence-corrected chi connectivity index (χ2v) is 5.12. The minimum atomic E-state index is -1.02. The molecule has 0 aliphatic carbocycles. The average Bonchev–Trinajstić information content (AvgIpc) is 2.63. The molecule has 0 saturated carbocycles. The van der Waals surface area contributed by atoms with Crippen LogP contribution in [0.2, 0.25) is 0 Å². The van der Waals surface area contributed by atoms with Gasteiger partial charge in [0.25, 0.3) is 0 Å². The number of nitrogens with one attached hydrogen (secondary N) is 1. The van der Waals surface area contributed by atoms with Crippen molar-refractivity contribution < 1.29 is 29.7 Å². The van der Waals surface area contributed by atoms with Crippen LogP contribution in [-0.4, -0.2) is 42.1 Å². The van der Waals surface area contributed by atoms with Crippen LogP contribution in [0.5, 0.6) is 17.2 Å². The molecule has 0 aliphatic heterocycles. The normalized spacial score (nSPS) is 10.2. The molecule has 0 saturated heterocycles. The summed E-state index contributed by atoms with van der Waals surface area (Å²) in [5.74, 6) is -0.368. The van der Waals surface area contributed by atoms with Gasteiger partial charge in [0.15, 0.2) is 11.5 Å². The van der Waals surface area contributed by atoms with Crippen LogP contribution in [0, 0.1) is 0 Å². The van der Waals surface area contributed by atoms with Gasteiger partial charge in [0, 0.05) is 12.6 Å². The highest BCUT2D eigenvalue weighted by Gasteiger charge is 2.00. The van der Waals surface area contributed by atoms with Gasteiger partial charge < -0.3 is 24.9 Å². The van der Waals surface area contributed by atoms with Crippen LogP contribution >= 0.6 is 0 Å². The standard InChI is InChI=1S/C10H10O4.C9H13NO2/c1-14-9-6-7(2-4-8(9)11)3-5-10(12)13;1-12-10-7-6-8-2-4-9(11)5-3-8/h2-6,11H,1H3,(H,12,13);2-5,10-11H,6-7H2,1H3. The highest BCUT2D eigenvalue weighted by molar-refractivity contribution is 5.85. The van der Waals surface area contributed by atoms with Crippen LogP contribution in [0.25, 0.3) is 6.08 Å². The van der Waals surface area contributed by atoms with E-state index in [2.05, 4.69) is 10.3 Å². The van der Waals surface area contributed by atoms with Crippen LogP contribution < -0.4 is 10.2 Å². The molecule has 0 aromatic heterocycles. The number of benzene rings is 2. The van der Waals surface area contributed by atoms with Gasteiger partial charge in [-0.15, -0.1) is 0 Å². The number of ether oxygens (including phenoxy) is 1. The molecular formula is C19H23NO6. The van der Waals surface area contributed by atoms with Crippen molar-refractivity contribution in [1.29, 1.82) is 0 Å². The zero-order valence-electron chi connectivity index (χ0n) is 14.7. The number of carboxylic acids is 1. The van der Waals surface area contributed by atoms with Gasteiger partial charge in [-0.25, -0.2) is 10.3 Å². The topological polar surface area (TPSA) is 108 Å². The monoisotopic (exact) mass is 361 g/mol. The Morgan fingerprint density at radius 3 is 2.38 bits per heavy atom. The van der Waals surface area contributed by atoms with Crippen molar-refractivity contribution in [3.05, 3.63) is 59.7 Å². The fraction of sp³-hybridized carbons (Fsp3) is 0.211. The van der Waals surface area contributed by atoms with Crippen LogP contribution in [0.3, 0.4) is 0 Å². The number of aromatic hydroxyl groups is 2. The Labute approximate surface area is 152 Å². The van der Waals surface area contributed by atoms with Crippen LogP contribution in [0.15, 0.2) is 48.5 Å². The summed E-state index contributed by atoms with van der Waals surface area (Å²) >= 11 is 0. The highest BCUT2D eigenvalue weighted by Crippen LogP contribution is 2.26. The van der Waals surface area contributed by atoms with E-state index in [1.165, 1.54) is 24.8 Å². The van der Waals surface area contributed by atoms with E-state index in [1.807, 2.05) is 12.1 Å². The number of methoxy groups -OCH3 is 1. The summed E-state index contributed by atoms with van der Waals surface area (Å²) in [6.45, 7) is 0.779. The molecule has 26 heavy (non-hydrogen) atoms. The number of carboxylic acid groups (broad SMARTS) is 1. The molecule has 0 aliphatic rings. The molecule has 4 N–H and O–H groups in total. The van der Waals surface area contributed by atoms with Gasteiger partial charge in [0.1, 0.15) is 5.75 Å². The Bertz CT molecular complexity index is 712. The highest BCUT2D eigenvalue weighted by atomic mass is 16.6. The summed E-state index contributed by atoms with van der Waals surface area (Å²) in [5, 5.41) is 26.6. The Morgan fingerprint density at radius 2 is 1.81 bits per heavy atom. The van der Waals surface area contributed by atoms with E-state index in [-0.39, 0.29) is 5.75 Å². The van der Waals surface area contributed by atoms with Crippen LogP contribution in [0.4, 0.5) is 0 Å². The van der Waals surface area contributed by atoms with Crippen molar-refractivity contribution in [2.45, 2.75) is 6.42 Å². The fourth-order valence-electron chi connectivity index (χ4n) is 1.93. The lowest BCUT2D eigenvalue weighted by atomic mass is 10.1. The van der Waals surface area contributed by atoms with E-state index in [1.54, 1.807) is 31.4 Å². The molecule has 0 heterocycles. The lowest BCUT2D eigenvalue weighted by Gasteiger charge is -2.03. The van der Waals surface area contributed by atoms with E-state index in [4.69, 9.17) is 14.9 Å². The van der Waals surface area contributed by atoms with E-state index < -0.39 is 5.97 Å². The number of phenols is 2. The molecule has 0 amide bonds. The van der Waals surface area contributed by atoms with Crippen molar-refractivity contribution in [2.75, 3.05) is 20.8 Å². The van der Waals surface area contributed by atoms with Gasteiger partial charge >= 0.3 is 5.97 Å². The SMILES string of the molecule is CONCCc1ccc(O)cc1.COc1cc(C=CC(=O)O)ccc1O. The number of carbonyl (C=O) groups is 1. The van der Waals surface area contributed by atoms with E-state index >= 15 is 0 Å². The number of aliphatic carboxylic acids is 1. The minimum Gasteiger partial charge on any atom is -0.508 e. The second-order valence-electron chi connectivity index (χ2n) is 5.12. The first-order chi connectivity index (χ1) is 12.5. The Balaban J connectivity index is 0.000000263. The Kier molecular flexibility index (Phi) is 9.30. The molecule has 0 atom stereocenters. The van der Waals surface area contributed by atoms with Gasteiger partial charge in [-0.1, -0.05) is 18.2 Å². The quantitative estimate of drug-likeness (QED) is 0.341. The molecule has 0 bridgehead atoms. The average molecular weight is 361 g/mol. The smallest absolute Gasteiger partial charge is 0.328 e. The maximum atomic E-state index is 10.2. The first-order valence-electron chi connectivity index (χ1n) is 7.78. The third kappa shape index (κ3) is 8.18. The second kappa shape index (κ2) is 11.5. The summed E-state index contributed by atoms with van der Waals surface area (Å²) in [4.78, 5) is 14.9. The van der Waals surface area contributed by atoms with Gasteiger partial charge in [-0.2, -0.15) is 0 Å².